The Morgan fingerprint density at radius 2 is 2.14 bits per heavy atom. The van der Waals surface area contributed by atoms with Crippen molar-refractivity contribution < 1.29 is 14.5 Å². The van der Waals surface area contributed by atoms with E-state index in [-0.39, 0.29) is 17.3 Å². The molecule has 0 aliphatic carbocycles. The Hall–Kier alpha value is -2.15. The molecular weight excluding hydrogens is 274 g/mol. The molecule has 1 aliphatic heterocycles. The van der Waals surface area contributed by atoms with Crippen LogP contribution in [0.3, 0.4) is 0 Å². The number of nitrogen functional groups attached to an aromatic ring is 1. The van der Waals surface area contributed by atoms with Gasteiger partial charge in [0.2, 0.25) is 0 Å². The third-order valence-corrected chi connectivity index (χ3v) is 3.69. The van der Waals surface area contributed by atoms with Crippen LogP contribution in [0.25, 0.3) is 0 Å². The number of hydrogen-bond acceptors (Lipinski definition) is 5. The predicted octanol–water partition coefficient (Wildman–Crippen LogP) is 1.68. The third kappa shape index (κ3) is 3.69. The van der Waals surface area contributed by atoms with E-state index in [0.29, 0.717) is 18.0 Å². The van der Waals surface area contributed by atoms with E-state index in [9.17, 15) is 14.9 Å². The summed E-state index contributed by atoms with van der Waals surface area (Å²) in [6.45, 7) is 2.12. The van der Waals surface area contributed by atoms with Crippen LogP contribution < -0.4 is 5.73 Å². The highest BCUT2D eigenvalue weighted by Gasteiger charge is 2.21. The van der Waals surface area contributed by atoms with Crippen molar-refractivity contribution in [1.82, 2.24) is 4.90 Å². The standard InChI is InChI=1S/C14H19N3O4/c1-16(9-10-4-6-21-7-5-10)14(18)11-2-3-13(17(19)20)12(15)8-11/h2-3,8,10H,4-7,9,15H2,1H3. The monoisotopic (exact) mass is 293 g/mol. The molecule has 0 bridgehead atoms. The van der Waals surface area contributed by atoms with Crippen LogP contribution in [0.2, 0.25) is 0 Å². The fourth-order valence-electron chi connectivity index (χ4n) is 2.47. The minimum absolute atomic E-state index is 0.00492. The SMILES string of the molecule is CN(CC1CCOCC1)C(=O)c1ccc([N+](=O)[O-])c(N)c1. The molecule has 7 heteroatoms. The summed E-state index contributed by atoms with van der Waals surface area (Å²) in [5.74, 6) is 0.256. The third-order valence-electron chi connectivity index (χ3n) is 3.69. The Kier molecular flexibility index (Phi) is 4.74. The van der Waals surface area contributed by atoms with Crippen LogP contribution in [0.5, 0.6) is 0 Å². The molecular formula is C14H19N3O4. The zero-order valence-corrected chi connectivity index (χ0v) is 11.9. The van der Waals surface area contributed by atoms with Crippen molar-refractivity contribution in [3.05, 3.63) is 33.9 Å². The average Bonchev–Trinajstić information content (AvgIpc) is 2.47. The van der Waals surface area contributed by atoms with E-state index < -0.39 is 4.92 Å². The van der Waals surface area contributed by atoms with Gasteiger partial charge < -0.3 is 15.4 Å². The molecule has 0 unspecified atom stereocenters. The number of rotatable bonds is 4. The number of carbonyl (C=O) groups excluding carboxylic acids is 1. The van der Waals surface area contributed by atoms with Gasteiger partial charge in [-0.3, -0.25) is 14.9 Å². The smallest absolute Gasteiger partial charge is 0.292 e. The summed E-state index contributed by atoms with van der Waals surface area (Å²) in [5.41, 5.74) is 5.81. The first-order valence-corrected chi connectivity index (χ1v) is 6.86. The molecule has 1 aliphatic rings. The number of nitro groups is 1. The normalized spacial score (nSPS) is 15.7. The zero-order valence-electron chi connectivity index (χ0n) is 11.9. The second-order valence-electron chi connectivity index (χ2n) is 5.27. The number of carbonyl (C=O) groups is 1. The number of benzene rings is 1. The molecule has 0 atom stereocenters. The van der Waals surface area contributed by atoms with Crippen molar-refractivity contribution in [2.75, 3.05) is 32.5 Å². The largest absolute Gasteiger partial charge is 0.393 e. The summed E-state index contributed by atoms with van der Waals surface area (Å²) >= 11 is 0. The van der Waals surface area contributed by atoms with E-state index in [1.807, 2.05) is 0 Å². The lowest BCUT2D eigenvalue weighted by molar-refractivity contribution is -0.383. The number of ether oxygens (including phenoxy) is 1. The molecule has 0 radical (unpaired) electrons. The highest BCUT2D eigenvalue weighted by atomic mass is 16.6. The number of nitrogens with two attached hydrogens (primary N) is 1. The predicted molar refractivity (Wildman–Crippen MR) is 78.0 cm³/mol. The van der Waals surface area contributed by atoms with Crippen LogP contribution in [0.4, 0.5) is 11.4 Å². The van der Waals surface area contributed by atoms with Gasteiger partial charge in [0.1, 0.15) is 5.69 Å². The fraction of sp³-hybridized carbons (Fsp3) is 0.500. The van der Waals surface area contributed by atoms with Gasteiger partial charge in [0.15, 0.2) is 0 Å². The maximum atomic E-state index is 12.3. The highest BCUT2D eigenvalue weighted by molar-refractivity contribution is 5.95. The van der Waals surface area contributed by atoms with Crippen LogP contribution >= 0.6 is 0 Å². The zero-order chi connectivity index (χ0) is 15.4. The van der Waals surface area contributed by atoms with Crippen LogP contribution in [0, 0.1) is 16.0 Å². The molecule has 1 heterocycles. The summed E-state index contributed by atoms with van der Waals surface area (Å²) < 4.78 is 5.29. The lowest BCUT2D eigenvalue weighted by Gasteiger charge is -2.27. The summed E-state index contributed by atoms with van der Waals surface area (Å²) in [7, 11) is 1.73. The van der Waals surface area contributed by atoms with Gasteiger partial charge in [-0.15, -0.1) is 0 Å². The average molecular weight is 293 g/mol. The van der Waals surface area contributed by atoms with Crippen molar-refractivity contribution >= 4 is 17.3 Å². The maximum Gasteiger partial charge on any atom is 0.292 e. The second-order valence-corrected chi connectivity index (χ2v) is 5.27. The molecule has 2 rings (SSSR count). The van der Waals surface area contributed by atoms with Crippen molar-refractivity contribution in [3.8, 4) is 0 Å². The van der Waals surface area contributed by atoms with Gasteiger partial charge >= 0.3 is 0 Å². The summed E-state index contributed by atoms with van der Waals surface area (Å²) in [4.78, 5) is 24.1. The van der Waals surface area contributed by atoms with Crippen molar-refractivity contribution in [1.29, 1.82) is 0 Å². The minimum Gasteiger partial charge on any atom is -0.393 e. The van der Waals surface area contributed by atoms with Gasteiger partial charge in [-0.25, -0.2) is 0 Å². The summed E-state index contributed by atoms with van der Waals surface area (Å²) in [6, 6.07) is 4.07. The van der Waals surface area contributed by atoms with Crippen molar-refractivity contribution in [2.24, 2.45) is 5.92 Å². The molecule has 2 N–H and O–H groups in total. The van der Waals surface area contributed by atoms with Gasteiger partial charge in [-0.05, 0) is 30.9 Å². The Morgan fingerprint density at radius 3 is 2.71 bits per heavy atom. The molecule has 1 aromatic rings. The second kappa shape index (κ2) is 6.53. The number of anilines is 1. The molecule has 0 aromatic heterocycles. The molecule has 1 saturated heterocycles. The van der Waals surface area contributed by atoms with Gasteiger partial charge in [0, 0.05) is 38.4 Å². The van der Waals surface area contributed by atoms with Crippen LogP contribution in [0.15, 0.2) is 18.2 Å². The van der Waals surface area contributed by atoms with Gasteiger partial charge in [0.05, 0.1) is 4.92 Å². The lowest BCUT2D eigenvalue weighted by atomic mass is 9.99. The number of nitrogens with zero attached hydrogens (tertiary/aromatic N) is 2. The Balaban J connectivity index is 2.04. The van der Waals surface area contributed by atoms with E-state index >= 15 is 0 Å². The molecule has 0 saturated carbocycles. The first kappa shape index (κ1) is 15.2. The summed E-state index contributed by atoms with van der Waals surface area (Å²) in [5, 5.41) is 10.7. The van der Waals surface area contributed by atoms with E-state index in [4.69, 9.17) is 10.5 Å². The van der Waals surface area contributed by atoms with Crippen molar-refractivity contribution in [2.45, 2.75) is 12.8 Å². The van der Waals surface area contributed by atoms with Gasteiger partial charge in [0.25, 0.3) is 11.6 Å². The number of nitro benzene ring substituents is 1. The van der Waals surface area contributed by atoms with E-state index in [2.05, 4.69) is 0 Å². The Morgan fingerprint density at radius 1 is 1.48 bits per heavy atom. The Labute approximate surface area is 122 Å². The first-order valence-electron chi connectivity index (χ1n) is 6.86. The van der Waals surface area contributed by atoms with Gasteiger partial charge in [-0.1, -0.05) is 0 Å². The lowest BCUT2D eigenvalue weighted by Crippen LogP contribution is -2.34. The van der Waals surface area contributed by atoms with Gasteiger partial charge in [-0.2, -0.15) is 0 Å². The molecule has 1 aromatic carbocycles. The van der Waals surface area contributed by atoms with Crippen LogP contribution in [-0.2, 0) is 4.74 Å². The summed E-state index contributed by atoms with van der Waals surface area (Å²) in [6.07, 6.45) is 1.89. The molecule has 1 fully saturated rings. The maximum absolute atomic E-state index is 12.3. The Bertz CT molecular complexity index is 541. The van der Waals surface area contributed by atoms with E-state index in [0.717, 1.165) is 26.1 Å². The van der Waals surface area contributed by atoms with Crippen LogP contribution in [0.1, 0.15) is 23.2 Å². The van der Waals surface area contributed by atoms with Crippen molar-refractivity contribution in [3.63, 3.8) is 0 Å². The number of hydrogen-bond donors (Lipinski definition) is 1. The van der Waals surface area contributed by atoms with E-state index in [1.165, 1.54) is 18.2 Å². The van der Waals surface area contributed by atoms with Crippen LogP contribution in [-0.4, -0.2) is 42.5 Å². The molecule has 0 spiro atoms. The topological polar surface area (TPSA) is 98.7 Å². The quantitative estimate of drug-likeness (QED) is 0.517. The molecule has 21 heavy (non-hydrogen) atoms. The molecule has 1 amide bonds. The van der Waals surface area contributed by atoms with E-state index in [1.54, 1.807) is 11.9 Å². The molecule has 7 nitrogen and oxygen atoms in total. The molecule has 114 valence electrons. The highest BCUT2D eigenvalue weighted by Crippen LogP contribution is 2.23. The fourth-order valence-corrected chi connectivity index (χ4v) is 2.47. The number of amides is 1. The minimum atomic E-state index is -0.560. The first-order chi connectivity index (χ1) is 9.99.